The highest BCUT2D eigenvalue weighted by Gasteiger charge is 2.23. The highest BCUT2D eigenvalue weighted by atomic mass is 79.9. The van der Waals surface area contributed by atoms with Gasteiger partial charge in [0.2, 0.25) is 0 Å². The monoisotopic (exact) mass is 520 g/mol. The van der Waals surface area contributed by atoms with Crippen LogP contribution in [0.1, 0.15) is 19.7 Å². The molecule has 3 heterocycles. The van der Waals surface area contributed by atoms with E-state index in [0.717, 1.165) is 82.5 Å². The number of halogens is 1. The van der Waals surface area contributed by atoms with Crippen LogP contribution < -0.4 is 0 Å². The van der Waals surface area contributed by atoms with Crippen molar-refractivity contribution in [2.75, 3.05) is 0 Å². The molecule has 170 valence electrons. The normalized spacial score (nSPS) is 12.2. The van der Waals surface area contributed by atoms with E-state index in [2.05, 4.69) is 94.6 Å². The van der Waals surface area contributed by atoms with E-state index in [9.17, 15) is 0 Å². The molecule has 5 nitrogen and oxygen atoms in total. The SMILES string of the molecule is CC(C)Cc1nc2c3ccccc3c3nc4ccc5[nH]ncc5c4c(-c4ccc(Br)cc4)c3c2o1. The zero-order valence-corrected chi connectivity index (χ0v) is 20.8. The molecular weight excluding hydrogens is 500 g/mol. The van der Waals surface area contributed by atoms with E-state index >= 15 is 0 Å². The first-order valence-electron chi connectivity index (χ1n) is 11.7. The topological polar surface area (TPSA) is 67.6 Å². The van der Waals surface area contributed by atoms with Crippen LogP contribution in [0.2, 0.25) is 0 Å². The van der Waals surface area contributed by atoms with Crippen LogP contribution in [-0.2, 0) is 6.42 Å². The van der Waals surface area contributed by atoms with Gasteiger partial charge < -0.3 is 4.42 Å². The minimum absolute atomic E-state index is 0.441. The van der Waals surface area contributed by atoms with Crippen LogP contribution in [0.5, 0.6) is 0 Å². The molecule has 7 aromatic rings. The summed E-state index contributed by atoms with van der Waals surface area (Å²) < 4.78 is 7.58. The minimum Gasteiger partial charge on any atom is -0.440 e. The smallest absolute Gasteiger partial charge is 0.195 e. The summed E-state index contributed by atoms with van der Waals surface area (Å²) in [6, 6.07) is 20.9. The molecule has 4 aromatic carbocycles. The van der Waals surface area contributed by atoms with E-state index in [1.54, 1.807) is 0 Å². The largest absolute Gasteiger partial charge is 0.440 e. The maximum absolute atomic E-state index is 6.54. The average molecular weight is 521 g/mol. The summed E-state index contributed by atoms with van der Waals surface area (Å²) >= 11 is 3.59. The second kappa shape index (κ2) is 7.62. The van der Waals surface area contributed by atoms with E-state index in [1.807, 2.05) is 12.3 Å². The Bertz CT molecular complexity index is 1920. The van der Waals surface area contributed by atoms with Crippen LogP contribution in [0.3, 0.4) is 0 Å². The number of H-pyrrole nitrogens is 1. The zero-order chi connectivity index (χ0) is 23.7. The van der Waals surface area contributed by atoms with E-state index in [4.69, 9.17) is 14.4 Å². The van der Waals surface area contributed by atoms with Gasteiger partial charge in [-0.1, -0.05) is 66.2 Å². The molecule has 0 saturated heterocycles. The summed E-state index contributed by atoms with van der Waals surface area (Å²) in [5.41, 5.74) is 6.70. The van der Waals surface area contributed by atoms with Crippen LogP contribution in [0.15, 0.2) is 75.8 Å². The standard InChI is InChI=1S/C29H21BrN4O/c1-15(2)13-23-33-28-19-6-4-3-5-18(19)27-26(29(28)35-23)24(16-7-9-17(30)10-8-16)25-20-14-31-34-21(20)11-12-22(25)32-27/h3-12,14-15H,13H2,1-2H3,(H,31,34). The molecule has 0 spiro atoms. The van der Waals surface area contributed by atoms with Crippen molar-refractivity contribution < 1.29 is 4.42 Å². The Morgan fingerprint density at radius 1 is 0.857 bits per heavy atom. The third kappa shape index (κ3) is 3.09. The molecule has 0 unspecified atom stereocenters. The second-order valence-corrected chi connectivity index (χ2v) is 10.4. The van der Waals surface area contributed by atoms with Crippen molar-refractivity contribution >= 4 is 70.5 Å². The van der Waals surface area contributed by atoms with Crippen LogP contribution in [-0.4, -0.2) is 20.2 Å². The molecule has 0 aliphatic heterocycles. The fourth-order valence-electron chi connectivity index (χ4n) is 5.15. The van der Waals surface area contributed by atoms with Crippen LogP contribution in [0.4, 0.5) is 0 Å². The Morgan fingerprint density at radius 3 is 2.40 bits per heavy atom. The average Bonchev–Trinajstić information content (AvgIpc) is 3.50. The van der Waals surface area contributed by atoms with Crippen molar-refractivity contribution in [3.8, 4) is 11.1 Å². The Hall–Kier alpha value is -3.77. The van der Waals surface area contributed by atoms with E-state index in [0.29, 0.717) is 5.92 Å². The second-order valence-electron chi connectivity index (χ2n) is 9.44. The van der Waals surface area contributed by atoms with E-state index in [1.165, 1.54) is 0 Å². The van der Waals surface area contributed by atoms with Crippen molar-refractivity contribution in [2.24, 2.45) is 5.92 Å². The van der Waals surface area contributed by atoms with Gasteiger partial charge in [-0.05, 0) is 35.7 Å². The zero-order valence-electron chi connectivity index (χ0n) is 19.3. The van der Waals surface area contributed by atoms with Gasteiger partial charge in [0.15, 0.2) is 11.5 Å². The number of nitrogens with zero attached hydrogens (tertiary/aromatic N) is 3. The van der Waals surface area contributed by atoms with Crippen LogP contribution >= 0.6 is 15.9 Å². The summed E-state index contributed by atoms with van der Waals surface area (Å²) in [7, 11) is 0. The summed E-state index contributed by atoms with van der Waals surface area (Å²) in [4.78, 5) is 10.2. The Kier molecular flexibility index (Phi) is 4.48. The Balaban J connectivity index is 1.78. The van der Waals surface area contributed by atoms with Crippen LogP contribution in [0, 0.1) is 5.92 Å². The number of rotatable bonds is 3. The molecule has 0 radical (unpaired) electrons. The van der Waals surface area contributed by atoms with Gasteiger partial charge in [-0.3, -0.25) is 5.10 Å². The molecule has 1 N–H and O–H groups in total. The fourth-order valence-corrected chi connectivity index (χ4v) is 5.42. The Morgan fingerprint density at radius 2 is 1.63 bits per heavy atom. The predicted molar refractivity (Wildman–Crippen MR) is 146 cm³/mol. The molecule has 3 aromatic heterocycles. The van der Waals surface area contributed by atoms with Crippen molar-refractivity contribution in [2.45, 2.75) is 20.3 Å². The predicted octanol–water partition coefficient (Wildman–Crippen LogP) is 8.19. The molecule has 7 rings (SSSR count). The van der Waals surface area contributed by atoms with Crippen molar-refractivity contribution in [1.82, 2.24) is 20.2 Å². The lowest BCUT2D eigenvalue weighted by Gasteiger charge is -2.14. The van der Waals surface area contributed by atoms with Gasteiger partial charge in [0.1, 0.15) is 5.52 Å². The number of nitrogens with one attached hydrogen (secondary N) is 1. The minimum atomic E-state index is 0.441. The summed E-state index contributed by atoms with van der Waals surface area (Å²) in [5.74, 6) is 1.20. The highest BCUT2D eigenvalue weighted by molar-refractivity contribution is 9.10. The number of benzene rings is 4. The van der Waals surface area contributed by atoms with Gasteiger partial charge in [0.05, 0.1) is 28.1 Å². The van der Waals surface area contributed by atoms with E-state index < -0.39 is 0 Å². The molecule has 0 bridgehead atoms. The first-order valence-corrected chi connectivity index (χ1v) is 12.5. The first-order chi connectivity index (χ1) is 17.1. The third-order valence-corrected chi connectivity index (χ3v) is 7.15. The van der Waals surface area contributed by atoms with Gasteiger partial charge in [0.25, 0.3) is 0 Å². The van der Waals surface area contributed by atoms with Gasteiger partial charge in [-0.15, -0.1) is 0 Å². The van der Waals surface area contributed by atoms with Gasteiger partial charge >= 0.3 is 0 Å². The number of aromatic nitrogens is 4. The molecule has 0 aliphatic carbocycles. The molecule has 0 atom stereocenters. The number of hydrogen-bond acceptors (Lipinski definition) is 4. The molecule has 0 aliphatic rings. The lowest BCUT2D eigenvalue weighted by atomic mass is 9.92. The van der Waals surface area contributed by atoms with Crippen molar-refractivity contribution in [3.63, 3.8) is 0 Å². The maximum atomic E-state index is 6.54. The first kappa shape index (κ1) is 20.6. The summed E-state index contributed by atoms with van der Waals surface area (Å²) in [6.45, 7) is 4.37. The summed E-state index contributed by atoms with van der Waals surface area (Å²) in [5, 5.41) is 12.7. The molecule has 6 heteroatoms. The van der Waals surface area contributed by atoms with Gasteiger partial charge in [0, 0.05) is 38.0 Å². The molecule has 0 fully saturated rings. The maximum Gasteiger partial charge on any atom is 0.195 e. The van der Waals surface area contributed by atoms with Crippen molar-refractivity contribution in [1.29, 1.82) is 0 Å². The van der Waals surface area contributed by atoms with Crippen LogP contribution in [0.25, 0.3) is 65.7 Å². The summed E-state index contributed by atoms with van der Waals surface area (Å²) in [6.07, 6.45) is 2.67. The molecule has 35 heavy (non-hydrogen) atoms. The number of fused-ring (bicyclic) bond motifs is 9. The molecular formula is C29H21BrN4O. The molecule has 0 amide bonds. The number of pyridine rings is 1. The fraction of sp³-hybridized carbons (Fsp3) is 0.138. The quantitative estimate of drug-likeness (QED) is 0.188. The lowest BCUT2D eigenvalue weighted by Crippen LogP contribution is -1.93. The van der Waals surface area contributed by atoms with Gasteiger partial charge in [-0.25, -0.2) is 9.97 Å². The number of oxazole rings is 1. The third-order valence-electron chi connectivity index (χ3n) is 6.62. The number of hydrogen-bond donors (Lipinski definition) is 1. The lowest BCUT2D eigenvalue weighted by molar-refractivity contribution is 0.483. The molecule has 0 saturated carbocycles. The number of aromatic amines is 1. The van der Waals surface area contributed by atoms with Crippen molar-refractivity contribution in [3.05, 3.63) is 77.2 Å². The Labute approximate surface area is 209 Å². The van der Waals surface area contributed by atoms with Gasteiger partial charge in [-0.2, -0.15) is 5.10 Å². The van der Waals surface area contributed by atoms with E-state index in [-0.39, 0.29) is 0 Å². The highest BCUT2D eigenvalue weighted by Crippen LogP contribution is 2.44.